The average molecular weight is 409 g/mol. The van der Waals surface area contributed by atoms with E-state index in [1.807, 2.05) is 60.3 Å². The largest absolute Gasteiger partial charge is 0.324 e. The van der Waals surface area contributed by atoms with Gasteiger partial charge in [0.15, 0.2) is 5.65 Å². The van der Waals surface area contributed by atoms with E-state index in [2.05, 4.69) is 10.3 Å². The molecule has 1 N–H and O–H groups in total. The molecule has 4 rings (SSSR count). The summed E-state index contributed by atoms with van der Waals surface area (Å²) in [5.41, 5.74) is 3.44. The number of anilines is 1. The maximum absolute atomic E-state index is 13.3. The summed E-state index contributed by atoms with van der Waals surface area (Å²) in [5.74, 6) is -0.154. The smallest absolute Gasteiger partial charge is 0.273 e. The number of amides is 1. The molecule has 0 bridgehead atoms. The second-order valence-electron chi connectivity index (χ2n) is 7.11. The number of hydrogen-bond donors (Lipinski definition) is 1. The number of fused-ring (bicyclic) bond motifs is 3. The fraction of sp³-hybridized carbons (Fsp3) is 0.227. The molecule has 2 aromatic carbocycles. The van der Waals surface area contributed by atoms with Crippen molar-refractivity contribution in [1.29, 1.82) is 0 Å². The molecule has 0 saturated carbocycles. The maximum Gasteiger partial charge on any atom is 0.273 e. The number of benzene rings is 2. The predicted molar refractivity (Wildman–Crippen MR) is 116 cm³/mol. The predicted octanol–water partition coefficient (Wildman–Crippen LogP) is 4.51. The highest BCUT2D eigenvalue weighted by Crippen LogP contribution is 2.28. The van der Waals surface area contributed by atoms with Crippen molar-refractivity contribution in [3.63, 3.8) is 0 Å². The van der Waals surface area contributed by atoms with Crippen LogP contribution in [0.1, 0.15) is 30.6 Å². The lowest BCUT2D eigenvalue weighted by molar-refractivity contribution is -0.119. The van der Waals surface area contributed by atoms with Crippen molar-refractivity contribution < 1.29 is 4.79 Å². The van der Waals surface area contributed by atoms with E-state index < -0.39 is 6.04 Å². The highest BCUT2D eigenvalue weighted by molar-refractivity contribution is 6.31. The number of para-hydroxylation sites is 1. The number of aromatic nitrogens is 3. The lowest BCUT2D eigenvalue weighted by atomic mass is 10.1. The molecule has 29 heavy (non-hydrogen) atoms. The van der Waals surface area contributed by atoms with E-state index in [-0.39, 0.29) is 11.5 Å². The molecule has 0 saturated heterocycles. The van der Waals surface area contributed by atoms with E-state index in [1.54, 1.807) is 12.1 Å². The van der Waals surface area contributed by atoms with Crippen molar-refractivity contribution in [2.75, 3.05) is 5.32 Å². The first-order valence-corrected chi connectivity index (χ1v) is 9.85. The number of aryl methyl sites for hydroxylation is 2. The molecular weight excluding hydrogens is 388 g/mol. The van der Waals surface area contributed by atoms with Crippen LogP contribution in [0.3, 0.4) is 0 Å². The number of halogens is 1. The summed E-state index contributed by atoms with van der Waals surface area (Å²) in [4.78, 5) is 29.5. The van der Waals surface area contributed by atoms with Crippen molar-refractivity contribution in [2.24, 2.45) is 0 Å². The summed E-state index contributed by atoms with van der Waals surface area (Å²) in [6.07, 6.45) is 0.560. The van der Waals surface area contributed by atoms with Gasteiger partial charge in [0, 0.05) is 27.9 Å². The third-order valence-corrected chi connectivity index (χ3v) is 5.37. The van der Waals surface area contributed by atoms with Crippen LogP contribution < -0.4 is 10.9 Å². The van der Waals surface area contributed by atoms with Crippen LogP contribution in [0.4, 0.5) is 5.69 Å². The van der Waals surface area contributed by atoms with E-state index in [0.29, 0.717) is 22.8 Å². The summed E-state index contributed by atoms with van der Waals surface area (Å²) in [7, 11) is 0. The van der Waals surface area contributed by atoms with E-state index in [9.17, 15) is 9.59 Å². The molecule has 7 heteroatoms. The fourth-order valence-corrected chi connectivity index (χ4v) is 3.90. The monoisotopic (exact) mass is 408 g/mol. The number of nitrogens with one attached hydrogen (secondary N) is 1. The zero-order valence-electron chi connectivity index (χ0n) is 16.4. The molecule has 0 aliphatic carbocycles. The number of carbonyl (C=O) groups is 1. The molecule has 1 atom stereocenters. The van der Waals surface area contributed by atoms with Crippen molar-refractivity contribution in [1.82, 2.24) is 14.2 Å². The van der Waals surface area contributed by atoms with Crippen LogP contribution in [0.5, 0.6) is 0 Å². The molecule has 1 unspecified atom stereocenters. The van der Waals surface area contributed by atoms with Gasteiger partial charge in [-0.3, -0.25) is 14.3 Å². The summed E-state index contributed by atoms with van der Waals surface area (Å²) in [6, 6.07) is 14.1. The number of nitrogens with zero attached hydrogens (tertiary/aromatic N) is 3. The van der Waals surface area contributed by atoms with E-state index >= 15 is 0 Å². The minimum absolute atomic E-state index is 0.154. The minimum Gasteiger partial charge on any atom is -0.324 e. The van der Waals surface area contributed by atoms with Crippen LogP contribution in [0.15, 0.2) is 53.3 Å². The highest BCUT2D eigenvalue weighted by Gasteiger charge is 2.25. The van der Waals surface area contributed by atoms with Crippen molar-refractivity contribution >= 4 is 39.7 Å². The van der Waals surface area contributed by atoms with Crippen LogP contribution in [0.2, 0.25) is 5.02 Å². The third-order valence-electron chi connectivity index (χ3n) is 5.13. The Morgan fingerprint density at radius 1 is 1.17 bits per heavy atom. The van der Waals surface area contributed by atoms with Gasteiger partial charge in [0.05, 0.1) is 5.52 Å². The molecule has 0 aliphatic rings. The zero-order valence-corrected chi connectivity index (χ0v) is 17.2. The standard InChI is InChI=1S/C22H21ClN4O2/c1-4-18(22(29)24-17-12-15(23)10-9-13(17)2)27-19-8-6-5-7-16(19)21-25-20(28)11-14(3)26(21)27/h5-12,18H,4H2,1-3H3,(H,24,29). The van der Waals surface area contributed by atoms with E-state index in [1.165, 1.54) is 6.07 Å². The van der Waals surface area contributed by atoms with Gasteiger partial charge in [-0.2, -0.15) is 4.98 Å². The number of hydrogen-bond acceptors (Lipinski definition) is 3. The van der Waals surface area contributed by atoms with Gasteiger partial charge < -0.3 is 5.32 Å². The van der Waals surface area contributed by atoms with Gasteiger partial charge in [0.25, 0.3) is 5.56 Å². The molecule has 2 aromatic heterocycles. The topological polar surface area (TPSA) is 68.4 Å². The molecule has 1 amide bonds. The first kappa shape index (κ1) is 19.2. The molecular formula is C22H21ClN4O2. The minimum atomic E-state index is -0.501. The van der Waals surface area contributed by atoms with Crippen LogP contribution in [-0.4, -0.2) is 20.1 Å². The lowest BCUT2D eigenvalue weighted by Gasteiger charge is -2.21. The van der Waals surface area contributed by atoms with Crippen molar-refractivity contribution in [2.45, 2.75) is 33.2 Å². The Morgan fingerprint density at radius 3 is 2.69 bits per heavy atom. The van der Waals surface area contributed by atoms with Crippen molar-refractivity contribution in [3.8, 4) is 0 Å². The van der Waals surface area contributed by atoms with Crippen molar-refractivity contribution in [3.05, 3.63) is 75.2 Å². The van der Waals surface area contributed by atoms with Gasteiger partial charge in [-0.25, -0.2) is 4.52 Å². The highest BCUT2D eigenvalue weighted by atomic mass is 35.5. The summed E-state index contributed by atoms with van der Waals surface area (Å²) >= 11 is 6.11. The SMILES string of the molecule is CCC(C(=O)Nc1cc(Cl)ccc1C)n1c2ccccc2c2nc(=O)cc(C)n21. The van der Waals surface area contributed by atoms with Gasteiger partial charge in [-0.15, -0.1) is 0 Å². The summed E-state index contributed by atoms with van der Waals surface area (Å²) < 4.78 is 3.77. The molecule has 148 valence electrons. The number of rotatable bonds is 4. The second kappa shape index (κ2) is 7.37. The molecule has 4 aromatic rings. The molecule has 0 radical (unpaired) electrons. The zero-order chi connectivity index (χ0) is 20.7. The van der Waals surface area contributed by atoms with Gasteiger partial charge in [-0.05, 0) is 50.1 Å². The summed E-state index contributed by atoms with van der Waals surface area (Å²) in [5, 5.41) is 4.41. The molecule has 2 heterocycles. The van der Waals surface area contributed by atoms with E-state index in [4.69, 9.17) is 11.6 Å². The fourth-order valence-electron chi connectivity index (χ4n) is 3.73. The van der Waals surface area contributed by atoms with Crippen LogP contribution in [0.25, 0.3) is 16.6 Å². The first-order valence-electron chi connectivity index (χ1n) is 9.47. The molecule has 6 nitrogen and oxygen atoms in total. The first-order chi connectivity index (χ1) is 13.9. The van der Waals surface area contributed by atoms with Gasteiger partial charge >= 0.3 is 0 Å². The molecule has 0 aliphatic heterocycles. The Hall–Kier alpha value is -3.12. The lowest BCUT2D eigenvalue weighted by Crippen LogP contribution is -2.29. The average Bonchev–Trinajstić information content (AvgIpc) is 3.00. The molecule has 0 fully saturated rings. The van der Waals surface area contributed by atoms with E-state index in [0.717, 1.165) is 22.2 Å². The van der Waals surface area contributed by atoms with Crippen LogP contribution in [0, 0.1) is 13.8 Å². The quantitative estimate of drug-likeness (QED) is 0.540. The van der Waals surface area contributed by atoms with Crippen LogP contribution >= 0.6 is 11.6 Å². The Labute approximate surface area is 172 Å². The number of carbonyl (C=O) groups excluding carboxylic acids is 1. The van der Waals surface area contributed by atoms with Crippen LogP contribution in [-0.2, 0) is 4.79 Å². The molecule has 0 spiro atoms. The Bertz CT molecular complexity index is 1310. The van der Waals surface area contributed by atoms with Gasteiger partial charge in [-0.1, -0.05) is 36.7 Å². The Morgan fingerprint density at radius 2 is 1.93 bits per heavy atom. The Kier molecular flexibility index (Phi) is 4.88. The normalized spacial score (nSPS) is 12.4. The van der Waals surface area contributed by atoms with Gasteiger partial charge in [0.1, 0.15) is 6.04 Å². The Balaban J connectivity index is 1.90. The summed E-state index contributed by atoms with van der Waals surface area (Å²) in [6.45, 7) is 5.73. The maximum atomic E-state index is 13.3. The second-order valence-corrected chi connectivity index (χ2v) is 7.54. The third kappa shape index (κ3) is 3.29. The van der Waals surface area contributed by atoms with Gasteiger partial charge in [0.2, 0.25) is 5.91 Å².